The molecule has 0 amide bonds. The molecule has 20 heavy (non-hydrogen) atoms. The zero-order valence-corrected chi connectivity index (χ0v) is 12.2. The number of rotatable bonds is 1. The predicted octanol–water partition coefficient (Wildman–Crippen LogP) is 3.05. The molecular weight excluding hydrogens is 318 g/mol. The summed E-state index contributed by atoms with van der Waals surface area (Å²) in [6.45, 7) is 0. The first kappa shape index (κ1) is 11.6. The lowest BCUT2D eigenvalue weighted by Gasteiger charge is -2.03. The third-order valence-corrected chi connectivity index (χ3v) is 4.12. The number of nitrogens with zero attached hydrogens (tertiary/aromatic N) is 5. The van der Waals surface area contributed by atoms with Gasteiger partial charge in [-0.25, -0.2) is 9.97 Å². The number of aryl methyl sites for hydroxylation is 1. The van der Waals surface area contributed by atoms with Crippen molar-refractivity contribution in [1.29, 1.82) is 0 Å². The third-order valence-electron chi connectivity index (χ3n) is 3.39. The molecule has 1 aromatic carbocycles. The largest absolute Gasteiger partial charge is 0.312 e. The summed E-state index contributed by atoms with van der Waals surface area (Å²) >= 11 is 3.69. The van der Waals surface area contributed by atoms with Crippen molar-refractivity contribution >= 4 is 32.9 Å². The molecule has 0 unspecified atom stereocenters. The van der Waals surface area contributed by atoms with Crippen molar-refractivity contribution in [2.75, 3.05) is 0 Å². The van der Waals surface area contributed by atoms with Crippen LogP contribution in [-0.2, 0) is 7.05 Å². The smallest absolute Gasteiger partial charge is 0.217 e. The van der Waals surface area contributed by atoms with Crippen LogP contribution in [0.25, 0.3) is 28.2 Å². The Kier molecular flexibility index (Phi) is 2.40. The van der Waals surface area contributed by atoms with E-state index in [0.717, 1.165) is 27.2 Å². The van der Waals surface area contributed by atoms with Crippen LogP contribution in [0.3, 0.4) is 0 Å². The molecule has 6 heteroatoms. The second-order valence-electron chi connectivity index (χ2n) is 4.54. The van der Waals surface area contributed by atoms with Gasteiger partial charge in [0.15, 0.2) is 5.65 Å². The Hall–Kier alpha value is -2.21. The molecule has 4 rings (SSSR count). The predicted molar refractivity (Wildman–Crippen MR) is 80.4 cm³/mol. The lowest BCUT2D eigenvalue weighted by atomic mass is 10.2. The minimum Gasteiger partial charge on any atom is -0.312 e. The van der Waals surface area contributed by atoms with Crippen molar-refractivity contribution in [3.05, 3.63) is 47.5 Å². The third kappa shape index (κ3) is 1.45. The Morgan fingerprint density at radius 1 is 1.15 bits per heavy atom. The minimum atomic E-state index is 0.700. The van der Waals surface area contributed by atoms with E-state index >= 15 is 0 Å². The summed E-state index contributed by atoms with van der Waals surface area (Å²) in [5, 5.41) is 0. The average Bonchev–Trinajstić information content (AvgIpc) is 2.97. The van der Waals surface area contributed by atoms with Crippen LogP contribution in [0, 0.1) is 0 Å². The van der Waals surface area contributed by atoms with Gasteiger partial charge in [-0.15, -0.1) is 0 Å². The van der Waals surface area contributed by atoms with Gasteiger partial charge in [0.1, 0.15) is 16.4 Å². The number of aromatic nitrogens is 5. The topological polar surface area (TPSA) is 48.0 Å². The van der Waals surface area contributed by atoms with Crippen LogP contribution in [0.4, 0.5) is 0 Å². The molecule has 3 aromatic heterocycles. The maximum Gasteiger partial charge on any atom is 0.217 e. The summed E-state index contributed by atoms with van der Waals surface area (Å²) in [4.78, 5) is 12.9. The van der Waals surface area contributed by atoms with Crippen molar-refractivity contribution in [1.82, 2.24) is 23.9 Å². The van der Waals surface area contributed by atoms with E-state index in [9.17, 15) is 0 Å². The highest BCUT2D eigenvalue weighted by atomic mass is 79.9. The second-order valence-corrected chi connectivity index (χ2v) is 5.29. The average molecular weight is 328 g/mol. The van der Waals surface area contributed by atoms with Crippen molar-refractivity contribution in [3.8, 4) is 11.3 Å². The van der Waals surface area contributed by atoms with E-state index in [-0.39, 0.29) is 0 Å². The molecule has 0 spiro atoms. The molecule has 0 aliphatic rings. The molecular formula is C14H10BrN5. The molecule has 3 heterocycles. The van der Waals surface area contributed by atoms with E-state index in [1.807, 2.05) is 29.6 Å². The normalized spacial score (nSPS) is 11.5. The number of hydrogen-bond acceptors (Lipinski definition) is 3. The molecule has 0 N–H and O–H groups in total. The van der Waals surface area contributed by atoms with Crippen LogP contribution >= 0.6 is 15.9 Å². The fourth-order valence-corrected chi connectivity index (χ4v) is 3.33. The first-order chi connectivity index (χ1) is 9.77. The van der Waals surface area contributed by atoms with Gasteiger partial charge in [-0.1, -0.05) is 30.3 Å². The summed E-state index contributed by atoms with van der Waals surface area (Å²) in [6, 6.07) is 10.2. The summed E-state index contributed by atoms with van der Waals surface area (Å²) < 4.78 is 5.04. The van der Waals surface area contributed by atoms with Crippen LogP contribution in [0.5, 0.6) is 0 Å². The first-order valence-corrected chi connectivity index (χ1v) is 6.94. The maximum absolute atomic E-state index is 4.57. The quantitative estimate of drug-likeness (QED) is 0.540. The number of benzene rings is 1. The van der Waals surface area contributed by atoms with Crippen LogP contribution in [0.1, 0.15) is 0 Å². The molecule has 0 aliphatic heterocycles. The highest BCUT2D eigenvalue weighted by molar-refractivity contribution is 9.10. The summed E-state index contributed by atoms with van der Waals surface area (Å²) in [5.41, 5.74) is 3.81. The Labute approximate surface area is 123 Å². The lowest BCUT2D eigenvalue weighted by Crippen LogP contribution is -1.92. The standard InChI is InChI=1S/C14H10BrN5/c1-19-11(9-5-3-2-4-6-9)12(15)20-10-7-16-8-17-13(10)18-14(19)20/h2-8H,1H3. The molecule has 0 fully saturated rings. The van der Waals surface area contributed by atoms with E-state index < -0.39 is 0 Å². The van der Waals surface area contributed by atoms with Gasteiger partial charge in [0, 0.05) is 12.6 Å². The van der Waals surface area contributed by atoms with Gasteiger partial charge in [-0.05, 0) is 15.9 Å². The summed E-state index contributed by atoms with van der Waals surface area (Å²) in [7, 11) is 2.00. The Morgan fingerprint density at radius 2 is 1.95 bits per heavy atom. The first-order valence-electron chi connectivity index (χ1n) is 6.15. The fraction of sp³-hybridized carbons (Fsp3) is 0.0714. The van der Waals surface area contributed by atoms with Crippen molar-refractivity contribution in [2.45, 2.75) is 0 Å². The van der Waals surface area contributed by atoms with Gasteiger partial charge in [-0.3, -0.25) is 4.40 Å². The zero-order chi connectivity index (χ0) is 13.7. The summed E-state index contributed by atoms with van der Waals surface area (Å²) in [6.07, 6.45) is 3.29. The molecule has 0 atom stereocenters. The van der Waals surface area contributed by atoms with Gasteiger partial charge >= 0.3 is 0 Å². The van der Waals surface area contributed by atoms with Crippen molar-refractivity contribution < 1.29 is 0 Å². The molecule has 98 valence electrons. The molecule has 0 saturated heterocycles. The molecule has 4 aromatic rings. The van der Waals surface area contributed by atoms with E-state index in [1.54, 1.807) is 6.20 Å². The maximum atomic E-state index is 4.57. The van der Waals surface area contributed by atoms with Gasteiger partial charge < -0.3 is 4.57 Å². The van der Waals surface area contributed by atoms with Crippen LogP contribution in [0.15, 0.2) is 47.5 Å². The molecule has 5 nitrogen and oxygen atoms in total. The van der Waals surface area contributed by atoms with Gasteiger partial charge in [0.25, 0.3) is 0 Å². The molecule has 0 bridgehead atoms. The Morgan fingerprint density at radius 3 is 2.75 bits per heavy atom. The van der Waals surface area contributed by atoms with Gasteiger partial charge in [-0.2, -0.15) is 4.98 Å². The van der Waals surface area contributed by atoms with Gasteiger partial charge in [0.2, 0.25) is 5.78 Å². The molecule has 0 aliphatic carbocycles. The van der Waals surface area contributed by atoms with Crippen LogP contribution in [-0.4, -0.2) is 23.9 Å². The van der Waals surface area contributed by atoms with Crippen LogP contribution in [0.2, 0.25) is 0 Å². The van der Waals surface area contributed by atoms with Crippen LogP contribution < -0.4 is 0 Å². The van der Waals surface area contributed by atoms with Crippen molar-refractivity contribution in [2.24, 2.45) is 7.05 Å². The summed E-state index contributed by atoms with van der Waals surface area (Å²) in [5.74, 6) is 0.839. The Bertz CT molecular complexity index is 923. The minimum absolute atomic E-state index is 0.700. The second kappa shape index (κ2) is 4.14. The SMILES string of the molecule is Cn1c(-c2ccccc2)c(Br)n2c3cncnc3nc12. The monoisotopic (exact) mass is 327 g/mol. The lowest BCUT2D eigenvalue weighted by molar-refractivity contribution is 0.947. The highest BCUT2D eigenvalue weighted by Gasteiger charge is 2.19. The Balaban J connectivity index is 2.14. The number of fused-ring (bicyclic) bond motifs is 3. The zero-order valence-electron chi connectivity index (χ0n) is 10.7. The number of imidazole rings is 2. The number of hydrogen-bond donors (Lipinski definition) is 0. The molecule has 0 saturated carbocycles. The highest BCUT2D eigenvalue weighted by Crippen LogP contribution is 2.32. The van der Waals surface area contributed by atoms with Gasteiger partial charge in [0.05, 0.1) is 11.9 Å². The van der Waals surface area contributed by atoms with E-state index in [4.69, 9.17) is 0 Å². The fourth-order valence-electron chi connectivity index (χ4n) is 2.48. The number of halogens is 1. The molecule has 0 radical (unpaired) electrons. The van der Waals surface area contributed by atoms with E-state index in [0.29, 0.717) is 5.65 Å². The van der Waals surface area contributed by atoms with Crippen molar-refractivity contribution in [3.63, 3.8) is 0 Å². The van der Waals surface area contributed by atoms with E-state index in [2.05, 4.69) is 47.6 Å². The van der Waals surface area contributed by atoms with E-state index in [1.165, 1.54) is 6.33 Å².